The lowest BCUT2D eigenvalue weighted by Crippen LogP contribution is -2.43. The molecular weight excluding hydrogens is 250 g/mol. The van der Waals surface area contributed by atoms with E-state index in [1.165, 1.54) is 7.05 Å². The predicted molar refractivity (Wildman–Crippen MR) is 59.1 cm³/mol. The van der Waals surface area contributed by atoms with Gasteiger partial charge in [-0.3, -0.25) is 4.55 Å². The number of likely N-dealkylation sites (N-methyl/N-ethyl adjacent to an activating group) is 1. The Balaban J connectivity index is 3.38. The molecule has 0 aromatic heterocycles. The average molecular weight is 263 g/mol. The number of rotatable bonds is 4. The number of aromatic hydroxyl groups is 2. The van der Waals surface area contributed by atoms with Gasteiger partial charge in [-0.1, -0.05) is 6.07 Å². The van der Waals surface area contributed by atoms with Crippen molar-refractivity contribution in [2.75, 3.05) is 13.6 Å². The van der Waals surface area contributed by atoms with Gasteiger partial charge in [-0.2, -0.15) is 8.42 Å². The molecule has 1 unspecified atom stereocenters. The number of hydrogen-bond donors (Lipinski definition) is 5. The summed E-state index contributed by atoms with van der Waals surface area (Å²) in [7, 11) is -3.42. The zero-order valence-corrected chi connectivity index (χ0v) is 9.77. The van der Waals surface area contributed by atoms with Gasteiger partial charge >= 0.3 is 10.1 Å². The van der Waals surface area contributed by atoms with Gasteiger partial charge < -0.3 is 20.6 Å². The first-order valence-electron chi connectivity index (χ1n) is 4.59. The van der Waals surface area contributed by atoms with E-state index in [-0.39, 0.29) is 5.56 Å². The number of benzene rings is 1. The van der Waals surface area contributed by atoms with E-state index in [1.807, 2.05) is 0 Å². The lowest BCUT2D eigenvalue weighted by molar-refractivity contribution is 0.113. The highest BCUT2D eigenvalue weighted by Crippen LogP contribution is 2.33. The van der Waals surface area contributed by atoms with Crippen LogP contribution >= 0.6 is 0 Å². The third kappa shape index (κ3) is 2.50. The second-order valence-electron chi connectivity index (χ2n) is 3.49. The van der Waals surface area contributed by atoms with Crippen molar-refractivity contribution in [2.45, 2.75) is 4.93 Å². The Morgan fingerprint density at radius 1 is 1.29 bits per heavy atom. The summed E-state index contributed by atoms with van der Waals surface area (Å²) >= 11 is 0. The van der Waals surface area contributed by atoms with Crippen LogP contribution in [0, 0.1) is 0 Å². The van der Waals surface area contributed by atoms with Gasteiger partial charge in [0.2, 0.25) is 4.93 Å². The molecule has 0 saturated carbocycles. The summed E-state index contributed by atoms with van der Waals surface area (Å²) in [6, 6.07) is 2.96. The Bertz CT molecular complexity index is 514. The molecule has 0 heterocycles. The SMILES string of the molecule is CNCC(O)(c1ccc(O)c(O)c1)S(=O)(=O)O. The quantitative estimate of drug-likeness (QED) is 0.361. The fourth-order valence-electron chi connectivity index (χ4n) is 1.35. The topological polar surface area (TPSA) is 127 Å². The molecule has 0 aliphatic rings. The number of nitrogens with one attached hydrogen (secondary N) is 1. The van der Waals surface area contributed by atoms with Gasteiger partial charge in [-0.25, -0.2) is 0 Å². The van der Waals surface area contributed by atoms with Crippen LogP contribution < -0.4 is 5.32 Å². The fourth-order valence-corrected chi connectivity index (χ4v) is 2.10. The van der Waals surface area contributed by atoms with Crippen molar-refractivity contribution < 1.29 is 28.3 Å². The molecule has 1 atom stereocenters. The highest BCUT2D eigenvalue weighted by molar-refractivity contribution is 7.86. The van der Waals surface area contributed by atoms with E-state index in [0.29, 0.717) is 0 Å². The molecule has 1 rings (SSSR count). The smallest absolute Gasteiger partial charge is 0.300 e. The molecule has 0 bridgehead atoms. The van der Waals surface area contributed by atoms with E-state index >= 15 is 0 Å². The van der Waals surface area contributed by atoms with Crippen LogP contribution in [0.25, 0.3) is 0 Å². The number of hydrogen-bond acceptors (Lipinski definition) is 6. The molecule has 0 amide bonds. The third-order valence-electron chi connectivity index (χ3n) is 2.27. The molecule has 96 valence electrons. The summed E-state index contributed by atoms with van der Waals surface area (Å²) < 4.78 is 31.3. The lowest BCUT2D eigenvalue weighted by Gasteiger charge is -2.25. The van der Waals surface area contributed by atoms with Crippen LogP contribution in [-0.2, 0) is 15.1 Å². The van der Waals surface area contributed by atoms with Crippen LogP contribution in [0.2, 0.25) is 0 Å². The highest BCUT2D eigenvalue weighted by Gasteiger charge is 2.42. The summed E-state index contributed by atoms with van der Waals surface area (Å²) in [5.41, 5.74) is -0.260. The number of aliphatic hydroxyl groups is 1. The van der Waals surface area contributed by atoms with Crippen molar-refractivity contribution in [2.24, 2.45) is 0 Å². The standard InChI is InChI=1S/C9H13NO6S/c1-10-5-9(13,17(14,15)16)6-2-3-7(11)8(12)4-6/h2-4,10-13H,5H2,1H3,(H,14,15,16). The third-order valence-corrected chi connectivity index (χ3v) is 3.50. The highest BCUT2D eigenvalue weighted by atomic mass is 32.2. The second kappa shape index (κ2) is 4.49. The monoisotopic (exact) mass is 263 g/mol. The predicted octanol–water partition coefficient (Wildman–Crippen LogP) is -0.650. The molecule has 0 aliphatic carbocycles. The van der Waals surface area contributed by atoms with E-state index in [9.17, 15) is 18.6 Å². The minimum atomic E-state index is -4.81. The molecule has 0 radical (unpaired) electrons. The van der Waals surface area contributed by atoms with E-state index in [4.69, 9.17) is 9.66 Å². The Morgan fingerprint density at radius 2 is 1.88 bits per heavy atom. The minimum absolute atomic E-state index is 0.260. The van der Waals surface area contributed by atoms with Crippen molar-refractivity contribution in [1.29, 1.82) is 0 Å². The van der Waals surface area contributed by atoms with Crippen LogP contribution in [-0.4, -0.2) is 41.9 Å². The van der Waals surface area contributed by atoms with Gasteiger partial charge in [0.1, 0.15) is 0 Å². The maximum atomic E-state index is 11.2. The largest absolute Gasteiger partial charge is 0.504 e. The van der Waals surface area contributed by atoms with Crippen LogP contribution in [0.1, 0.15) is 5.56 Å². The summed E-state index contributed by atoms with van der Waals surface area (Å²) in [6.07, 6.45) is 0. The first kappa shape index (κ1) is 13.7. The van der Waals surface area contributed by atoms with Gasteiger partial charge in [0, 0.05) is 12.1 Å². The first-order chi connectivity index (χ1) is 7.72. The maximum absolute atomic E-state index is 11.2. The molecule has 0 aliphatic heterocycles. The van der Waals surface area contributed by atoms with Gasteiger partial charge in [0.25, 0.3) is 0 Å². The zero-order chi connectivity index (χ0) is 13.3. The Kier molecular flexibility index (Phi) is 3.62. The van der Waals surface area contributed by atoms with E-state index in [1.54, 1.807) is 0 Å². The fraction of sp³-hybridized carbons (Fsp3) is 0.333. The van der Waals surface area contributed by atoms with Crippen molar-refractivity contribution >= 4 is 10.1 Å². The summed E-state index contributed by atoms with van der Waals surface area (Å²) in [5, 5.41) is 30.7. The van der Waals surface area contributed by atoms with Gasteiger partial charge in [0.05, 0.1) is 0 Å². The number of phenols is 2. The zero-order valence-electron chi connectivity index (χ0n) is 8.95. The molecule has 0 fully saturated rings. The van der Waals surface area contributed by atoms with Crippen LogP contribution in [0.15, 0.2) is 18.2 Å². The van der Waals surface area contributed by atoms with Crippen LogP contribution in [0.4, 0.5) is 0 Å². The normalized spacial score (nSPS) is 15.5. The molecule has 0 saturated heterocycles. The average Bonchev–Trinajstić information content (AvgIpc) is 2.20. The minimum Gasteiger partial charge on any atom is -0.504 e. The van der Waals surface area contributed by atoms with Crippen molar-refractivity contribution in [3.8, 4) is 11.5 Å². The summed E-state index contributed by atoms with van der Waals surface area (Å²) in [5.74, 6) is -1.06. The summed E-state index contributed by atoms with van der Waals surface area (Å²) in [4.78, 5) is -2.59. The van der Waals surface area contributed by atoms with Crippen molar-refractivity contribution in [3.63, 3.8) is 0 Å². The van der Waals surface area contributed by atoms with E-state index in [0.717, 1.165) is 18.2 Å². The molecule has 17 heavy (non-hydrogen) atoms. The molecule has 5 N–H and O–H groups in total. The van der Waals surface area contributed by atoms with Gasteiger partial charge in [0.15, 0.2) is 11.5 Å². The van der Waals surface area contributed by atoms with E-state index in [2.05, 4.69) is 5.32 Å². The molecule has 0 spiro atoms. The lowest BCUT2D eigenvalue weighted by atomic mass is 10.1. The maximum Gasteiger partial charge on any atom is 0.300 e. The first-order valence-corrected chi connectivity index (χ1v) is 6.03. The van der Waals surface area contributed by atoms with Gasteiger partial charge in [-0.15, -0.1) is 0 Å². The molecule has 8 heteroatoms. The van der Waals surface area contributed by atoms with Crippen molar-refractivity contribution in [3.05, 3.63) is 23.8 Å². The van der Waals surface area contributed by atoms with E-state index < -0.39 is 33.1 Å². The second-order valence-corrected chi connectivity index (χ2v) is 5.12. The number of phenolic OH excluding ortho intramolecular Hbond substituents is 2. The Labute approximate surface area is 98.1 Å². The Morgan fingerprint density at radius 3 is 2.29 bits per heavy atom. The summed E-state index contributed by atoms with van der Waals surface area (Å²) in [6.45, 7) is -0.476. The molecule has 1 aromatic carbocycles. The van der Waals surface area contributed by atoms with Crippen LogP contribution in [0.5, 0.6) is 11.5 Å². The van der Waals surface area contributed by atoms with Crippen molar-refractivity contribution in [1.82, 2.24) is 5.32 Å². The molecule has 7 nitrogen and oxygen atoms in total. The molecule has 1 aromatic rings. The molecular formula is C9H13NO6S. The van der Waals surface area contributed by atoms with Gasteiger partial charge in [-0.05, 0) is 19.2 Å². The Hall–Kier alpha value is -1.35. The van der Waals surface area contributed by atoms with Crippen LogP contribution in [0.3, 0.4) is 0 Å².